The summed E-state index contributed by atoms with van der Waals surface area (Å²) in [5.41, 5.74) is 3.29. The van der Waals surface area contributed by atoms with Gasteiger partial charge < -0.3 is 10.1 Å². The molecule has 2 heterocycles. The van der Waals surface area contributed by atoms with Gasteiger partial charge in [-0.15, -0.1) is 0 Å². The molecule has 1 aliphatic rings. The number of rotatable bonds is 5. The normalized spacial score (nSPS) is 22.2. The van der Waals surface area contributed by atoms with Gasteiger partial charge in [-0.1, -0.05) is 0 Å². The number of ether oxygens (including phenoxy) is 1. The first-order valence-electron chi connectivity index (χ1n) is 6.55. The van der Waals surface area contributed by atoms with Crippen molar-refractivity contribution in [3.63, 3.8) is 0 Å². The van der Waals surface area contributed by atoms with Gasteiger partial charge in [0.1, 0.15) is 0 Å². The summed E-state index contributed by atoms with van der Waals surface area (Å²) in [4.78, 5) is 4.14. The van der Waals surface area contributed by atoms with Crippen molar-refractivity contribution in [2.24, 2.45) is 0 Å². The molecular weight excluding hydrogens is 240 g/mol. The molecule has 5 nitrogen and oxygen atoms in total. The average molecular weight is 258 g/mol. The molecule has 19 heavy (non-hydrogen) atoms. The summed E-state index contributed by atoms with van der Waals surface area (Å²) >= 11 is 0. The number of nitrogens with one attached hydrogen (secondary N) is 2. The molecule has 0 atom stereocenters. The van der Waals surface area contributed by atoms with Crippen LogP contribution in [0.2, 0.25) is 0 Å². The van der Waals surface area contributed by atoms with Crippen molar-refractivity contribution in [3.8, 4) is 11.3 Å². The van der Waals surface area contributed by atoms with E-state index >= 15 is 0 Å². The first-order chi connectivity index (χ1) is 9.36. The van der Waals surface area contributed by atoms with Crippen LogP contribution in [0.25, 0.3) is 11.3 Å². The van der Waals surface area contributed by atoms with E-state index in [-0.39, 0.29) is 0 Å². The molecule has 0 spiro atoms. The largest absolute Gasteiger partial charge is 0.381 e. The third-order valence-electron chi connectivity index (χ3n) is 3.68. The van der Waals surface area contributed by atoms with E-state index in [1.54, 1.807) is 13.3 Å². The van der Waals surface area contributed by atoms with Gasteiger partial charge >= 0.3 is 0 Å². The van der Waals surface area contributed by atoms with Crippen molar-refractivity contribution in [1.29, 1.82) is 0 Å². The van der Waals surface area contributed by atoms with E-state index in [0.717, 1.165) is 30.6 Å². The van der Waals surface area contributed by atoms with Gasteiger partial charge in [0, 0.05) is 43.2 Å². The van der Waals surface area contributed by atoms with Crippen molar-refractivity contribution in [1.82, 2.24) is 20.5 Å². The highest BCUT2D eigenvalue weighted by molar-refractivity contribution is 5.61. The van der Waals surface area contributed by atoms with Crippen LogP contribution in [0.4, 0.5) is 0 Å². The number of hydrogen-bond acceptors (Lipinski definition) is 4. The zero-order valence-corrected chi connectivity index (χ0v) is 11.0. The van der Waals surface area contributed by atoms with Gasteiger partial charge in [0.05, 0.1) is 18.0 Å². The van der Waals surface area contributed by atoms with Crippen LogP contribution in [-0.2, 0) is 11.3 Å². The highest BCUT2D eigenvalue weighted by atomic mass is 16.5. The van der Waals surface area contributed by atoms with Crippen molar-refractivity contribution in [2.45, 2.75) is 31.5 Å². The van der Waals surface area contributed by atoms with Crippen LogP contribution >= 0.6 is 0 Å². The Morgan fingerprint density at radius 3 is 3.05 bits per heavy atom. The molecule has 0 bridgehead atoms. The van der Waals surface area contributed by atoms with E-state index in [0.29, 0.717) is 12.1 Å². The Labute approximate surface area is 112 Å². The zero-order chi connectivity index (χ0) is 13.1. The maximum atomic E-state index is 5.28. The number of methoxy groups -OCH3 is 1. The minimum Gasteiger partial charge on any atom is -0.381 e. The molecule has 2 N–H and O–H groups in total. The second kappa shape index (κ2) is 5.50. The van der Waals surface area contributed by atoms with Crippen LogP contribution < -0.4 is 5.32 Å². The highest BCUT2D eigenvalue weighted by Crippen LogP contribution is 2.24. The summed E-state index contributed by atoms with van der Waals surface area (Å²) in [7, 11) is 1.78. The van der Waals surface area contributed by atoms with Crippen molar-refractivity contribution in [3.05, 3.63) is 36.3 Å². The van der Waals surface area contributed by atoms with E-state index in [1.165, 1.54) is 5.56 Å². The first kappa shape index (κ1) is 12.3. The molecule has 0 radical (unpaired) electrons. The Morgan fingerprint density at radius 1 is 1.42 bits per heavy atom. The Morgan fingerprint density at radius 2 is 2.32 bits per heavy atom. The smallest absolute Gasteiger partial charge is 0.0710 e. The van der Waals surface area contributed by atoms with Gasteiger partial charge in [0.2, 0.25) is 0 Å². The molecule has 1 aliphatic carbocycles. The monoisotopic (exact) mass is 258 g/mol. The lowest BCUT2D eigenvalue weighted by atomic mass is 9.89. The molecule has 5 heteroatoms. The van der Waals surface area contributed by atoms with E-state index < -0.39 is 0 Å². The highest BCUT2D eigenvalue weighted by Gasteiger charge is 2.28. The summed E-state index contributed by atoms with van der Waals surface area (Å²) in [5.74, 6) is 0. The topological polar surface area (TPSA) is 62.8 Å². The number of nitrogens with zero attached hydrogens (tertiary/aromatic N) is 2. The van der Waals surface area contributed by atoms with Gasteiger partial charge in [-0.2, -0.15) is 5.10 Å². The van der Waals surface area contributed by atoms with Crippen LogP contribution in [0.15, 0.2) is 30.7 Å². The maximum absolute atomic E-state index is 5.28. The fraction of sp³-hybridized carbons (Fsp3) is 0.429. The molecule has 1 fully saturated rings. The molecule has 2 aromatic rings. The van der Waals surface area contributed by atoms with Crippen molar-refractivity contribution in [2.75, 3.05) is 7.11 Å². The quantitative estimate of drug-likeness (QED) is 0.857. The molecular formula is C14H18N4O. The third kappa shape index (κ3) is 2.67. The van der Waals surface area contributed by atoms with Crippen LogP contribution in [0, 0.1) is 0 Å². The summed E-state index contributed by atoms with van der Waals surface area (Å²) in [5, 5.41) is 10.7. The lowest BCUT2D eigenvalue weighted by molar-refractivity contribution is 0.0170. The number of hydrogen-bond donors (Lipinski definition) is 2. The summed E-state index contributed by atoms with van der Waals surface area (Å²) in [6.45, 7) is 0.821. The second-order valence-electron chi connectivity index (χ2n) is 4.92. The van der Waals surface area contributed by atoms with Gasteiger partial charge in [-0.25, -0.2) is 0 Å². The van der Waals surface area contributed by atoms with Crippen molar-refractivity contribution < 1.29 is 4.74 Å². The molecule has 1 saturated carbocycles. The standard InChI is InChI=1S/C14H18N4O/c1-19-13-5-12(6-13)16-8-11-9-17-18-14(11)10-3-2-4-15-7-10/h2-4,7,9,12-13,16H,5-6,8H2,1H3,(H,17,18). The predicted octanol–water partition coefficient (Wildman–Crippen LogP) is 1.74. The Kier molecular flexibility index (Phi) is 3.57. The van der Waals surface area contributed by atoms with E-state index in [4.69, 9.17) is 4.74 Å². The SMILES string of the molecule is COC1CC(NCc2cn[nH]c2-c2cccnc2)C1. The Balaban J connectivity index is 1.62. The molecule has 100 valence electrons. The lowest BCUT2D eigenvalue weighted by Gasteiger charge is -2.34. The molecule has 0 aromatic carbocycles. The van der Waals surface area contributed by atoms with E-state index in [9.17, 15) is 0 Å². The molecule has 0 amide bonds. The zero-order valence-electron chi connectivity index (χ0n) is 11.0. The number of pyridine rings is 1. The predicted molar refractivity (Wildman–Crippen MR) is 72.5 cm³/mol. The number of aromatic nitrogens is 3. The van der Waals surface area contributed by atoms with Crippen LogP contribution in [0.1, 0.15) is 18.4 Å². The molecule has 3 rings (SSSR count). The van der Waals surface area contributed by atoms with Gasteiger partial charge in [-0.05, 0) is 25.0 Å². The second-order valence-corrected chi connectivity index (χ2v) is 4.92. The number of aromatic amines is 1. The van der Waals surface area contributed by atoms with Gasteiger partial charge in [-0.3, -0.25) is 10.1 Å². The van der Waals surface area contributed by atoms with Gasteiger partial charge in [0.25, 0.3) is 0 Å². The third-order valence-corrected chi connectivity index (χ3v) is 3.68. The minimum atomic E-state index is 0.430. The number of H-pyrrole nitrogens is 1. The fourth-order valence-corrected chi connectivity index (χ4v) is 2.38. The Bertz CT molecular complexity index is 519. The minimum absolute atomic E-state index is 0.430. The van der Waals surface area contributed by atoms with Crippen LogP contribution in [0.3, 0.4) is 0 Å². The lowest BCUT2D eigenvalue weighted by Crippen LogP contribution is -2.44. The van der Waals surface area contributed by atoms with E-state index in [1.807, 2.05) is 24.5 Å². The van der Waals surface area contributed by atoms with Crippen LogP contribution in [0.5, 0.6) is 0 Å². The van der Waals surface area contributed by atoms with E-state index in [2.05, 4.69) is 20.5 Å². The average Bonchev–Trinajstić information content (AvgIpc) is 2.87. The summed E-state index contributed by atoms with van der Waals surface area (Å²) in [6, 6.07) is 4.53. The van der Waals surface area contributed by atoms with Gasteiger partial charge in [0.15, 0.2) is 0 Å². The molecule has 0 unspecified atom stereocenters. The summed E-state index contributed by atoms with van der Waals surface area (Å²) < 4.78 is 5.28. The Hall–Kier alpha value is -1.72. The maximum Gasteiger partial charge on any atom is 0.0710 e. The van der Waals surface area contributed by atoms with Crippen LogP contribution in [-0.4, -0.2) is 34.4 Å². The molecule has 0 saturated heterocycles. The van der Waals surface area contributed by atoms with Crippen molar-refractivity contribution >= 4 is 0 Å². The first-order valence-corrected chi connectivity index (χ1v) is 6.55. The fourth-order valence-electron chi connectivity index (χ4n) is 2.38. The summed E-state index contributed by atoms with van der Waals surface area (Å²) in [6.07, 6.45) is 8.12. The molecule has 2 aromatic heterocycles. The molecule has 0 aliphatic heterocycles.